The summed E-state index contributed by atoms with van der Waals surface area (Å²) in [7, 11) is 2.70. The minimum Gasteiger partial charge on any atom is -0.504 e. The third-order valence-electron chi connectivity index (χ3n) is 6.03. The molecule has 1 aliphatic carbocycles. The molecule has 1 fully saturated rings. The van der Waals surface area contributed by atoms with Crippen LogP contribution in [0.15, 0.2) is 48.6 Å². The molecule has 0 spiro atoms. The Labute approximate surface area is 222 Å². The topological polar surface area (TPSA) is 189 Å². The predicted octanol–water partition coefficient (Wildman–Crippen LogP) is 1.64. The minimum atomic E-state index is -2.30. The van der Waals surface area contributed by atoms with Crippen LogP contribution in [0.25, 0.3) is 12.2 Å². The summed E-state index contributed by atoms with van der Waals surface area (Å²) >= 11 is 0. The molecule has 1 saturated carbocycles. The van der Waals surface area contributed by atoms with E-state index in [0.29, 0.717) is 11.1 Å². The lowest BCUT2D eigenvalue weighted by molar-refractivity contribution is -0.207. The van der Waals surface area contributed by atoms with Gasteiger partial charge in [0.05, 0.1) is 20.3 Å². The highest BCUT2D eigenvalue weighted by Crippen LogP contribution is 2.35. The van der Waals surface area contributed by atoms with Gasteiger partial charge in [-0.25, -0.2) is 14.4 Å². The SMILES string of the molecule is COc1cc(/C=C/C(=O)O[C@H]2C[C@@](OC(=O)/C=C/c3ccc(O)c(OC)c3)(C(=O)O)C[C@@H](O)[C@@H]2O)ccc1O. The van der Waals surface area contributed by atoms with Gasteiger partial charge in [-0.2, -0.15) is 0 Å². The average molecular weight is 545 g/mol. The molecule has 12 heteroatoms. The van der Waals surface area contributed by atoms with Crippen LogP contribution in [0.1, 0.15) is 24.0 Å². The second-order valence-corrected chi connectivity index (χ2v) is 8.69. The van der Waals surface area contributed by atoms with E-state index in [9.17, 15) is 39.9 Å². The molecule has 0 amide bonds. The summed E-state index contributed by atoms with van der Waals surface area (Å²) in [4.78, 5) is 37.1. The van der Waals surface area contributed by atoms with Gasteiger partial charge in [0.15, 0.2) is 23.0 Å². The fourth-order valence-electron chi connectivity index (χ4n) is 3.99. The van der Waals surface area contributed by atoms with Gasteiger partial charge in [0, 0.05) is 25.0 Å². The third kappa shape index (κ3) is 7.06. The van der Waals surface area contributed by atoms with E-state index in [0.717, 1.165) is 12.2 Å². The van der Waals surface area contributed by atoms with E-state index in [1.807, 2.05) is 0 Å². The summed E-state index contributed by atoms with van der Waals surface area (Å²) in [6.45, 7) is 0. The van der Waals surface area contributed by atoms with Crippen molar-refractivity contribution in [3.05, 3.63) is 59.7 Å². The van der Waals surface area contributed by atoms with E-state index in [2.05, 4.69) is 0 Å². The van der Waals surface area contributed by atoms with Crippen LogP contribution in [0, 0.1) is 0 Å². The first-order valence-electron chi connectivity index (χ1n) is 11.6. The molecular formula is C27H28O12. The van der Waals surface area contributed by atoms with Crippen LogP contribution < -0.4 is 9.47 Å². The molecule has 1 aliphatic rings. The highest BCUT2D eigenvalue weighted by molar-refractivity contribution is 5.91. The van der Waals surface area contributed by atoms with Crippen molar-refractivity contribution in [2.24, 2.45) is 0 Å². The Kier molecular flexibility index (Phi) is 9.17. The van der Waals surface area contributed by atoms with Crippen molar-refractivity contribution in [2.45, 2.75) is 36.8 Å². The molecule has 4 atom stereocenters. The van der Waals surface area contributed by atoms with Gasteiger partial charge in [-0.1, -0.05) is 12.1 Å². The van der Waals surface area contributed by atoms with E-state index in [4.69, 9.17) is 18.9 Å². The zero-order valence-electron chi connectivity index (χ0n) is 21.0. The number of aliphatic hydroxyl groups excluding tert-OH is 2. The van der Waals surface area contributed by atoms with Crippen molar-refractivity contribution >= 4 is 30.1 Å². The quantitative estimate of drug-likeness (QED) is 0.227. The van der Waals surface area contributed by atoms with Crippen LogP contribution in [-0.2, 0) is 23.9 Å². The Morgan fingerprint density at radius 1 is 0.846 bits per heavy atom. The van der Waals surface area contributed by atoms with Crippen LogP contribution in [0.2, 0.25) is 0 Å². The first-order chi connectivity index (χ1) is 18.5. The zero-order chi connectivity index (χ0) is 28.7. The smallest absolute Gasteiger partial charge is 0.348 e. The first kappa shape index (κ1) is 29.0. The number of ether oxygens (including phenoxy) is 4. The number of phenols is 2. The summed E-state index contributed by atoms with van der Waals surface area (Å²) in [5, 5.41) is 49.9. The summed E-state index contributed by atoms with van der Waals surface area (Å²) in [5.41, 5.74) is -1.39. The average Bonchev–Trinajstić information content (AvgIpc) is 2.90. The number of methoxy groups -OCH3 is 2. The van der Waals surface area contributed by atoms with Crippen molar-refractivity contribution in [1.82, 2.24) is 0 Å². The molecule has 208 valence electrons. The largest absolute Gasteiger partial charge is 0.504 e. The highest BCUT2D eigenvalue weighted by Gasteiger charge is 2.54. The molecule has 0 aromatic heterocycles. The van der Waals surface area contributed by atoms with E-state index in [1.54, 1.807) is 0 Å². The molecular weight excluding hydrogens is 516 g/mol. The molecule has 0 unspecified atom stereocenters. The number of rotatable bonds is 9. The number of hydrogen-bond acceptors (Lipinski definition) is 11. The van der Waals surface area contributed by atoms with Crippen molar-refractivity contribution in [1.29, 1.82) is 0 Å². The summed E-state index contributed by atoms with van der Waals surface area (Å²) in [6, 6.07) is 8.56. The molecule has 0 saturated heterocycles. The lowest BCUT2D eigenvalue weighted by Crippen LogP contribution is -2.58. The number of esters is 2. The summed E-state index contributed by atoms with van der Waals surface area (Å²) in [6.07, 6.45) is -1.52. The lowest BCUT2D eigenvalue weighted by atomic mass is 9.79. The molecule has 39 heavy (non-hydrogen) atoms. The molecule has 0 heterocycles. The van der Waals surface area contributed by atoms with Crippen LogP contribution in [0.5, 0.6) is 23.0 Å². The van der Waals surface area contributed by atoms with Crippen LogP contribution in [-0.4, -0.2) is 81.6 Å². The third-order valence-corrected chi connectivity index (χ3v) is 6.03. The zero-order valence-corrected chi connectivity index (χ0v) is 21.0. The predicted molar refractivity (Wildman–Crippen MR) is 135 cm³/mol. The van der Waals surface area contributed by atoms with Crippen molar-refractivity contribution in [2.75, 3.05) is 14.2 Å². The number of phenolic OH excluding ortho intramolecular Hbond substituents is 2. The number of aliphatic hydroxyl groups is 2. The highest BCUT2D eigenvalue weighted by atomic mass is 16.6. The van der Waals surface area contributed by atoms with Gasteiger partial charge in [0.25, 0.3) is 0 Å². The lowest BCUT2D eigenvalue weighted by Gasteiger charge is -2.41. The summed E-state index contributed by atoms with van der Waals surface area (Å²) in [5.74, 6) is -3.53. The molecule has 0 radical (unpaired) electrons. The van der Waals surface area contributed by atoms with Gasteiger partial charge in [-0.05, 0) is 47.5 Å². The maximum Gasteiger partial charge on any atom is 0.348 e. The first-order valence-corrected chi connectivity index (χ1v) is 11.6. The van der Waals surface area contributed by atoms with Crippen molar-refractivity contribution in [3.63, 3.8) is 0 Å². The molecule has 2 aromatic carbocycles. The Hall–Kier alpha value is -4.55. The number of hydrogen-bond donors (Lipinski definition) is 5. The summed E-state index contributed by atoms with van der Waals surface area (Å²) < 4.78 is 20.4. The minimum absolute atomic E-state index is 0.103. The Bertz CT molecular complexity index is 1280. The molecule has 3 rings (SSSR count). The molecule has 0 aliphatic heterocycles. The van der Waals surface area contributed by atoms with Gasteiger partial charge < -0.3 is 44.5 Å². The number of carboxylic acids is 1. The molecule has 2 aromatic rings. The maximum absolute atomic E-state index is 12.5. The van der Waals surface area contributed by atoms with E-state index < -0.39 is 54.7 Å². The number of aromatic hydroxyl groups is 2. The van der Waals surface area contributed by atoms with Crippen LogP contribution in [0.4, 0.5) is 0 Å². The van der Waals surface area contributed by atoms with Crippen LogP contribution in [0.3, 0.4) is 0 Å². The fraction of sp³-hybridized carbons (Fsp3) is 0.296. The van der Waals surface area contributed by atoms with E-state index in [-0.39, 0.29) is 23.0 Å². The van der Waals surface area contributed by atoms with E-state index >= 15 is 0 Å². The number of benzene rings is 2. The number of carboxylic acid groups (broad SMARTS) is 1. The van der Waals surface area contributed by atoms with Gasteiger partial charge in [0.1, 0.15) is 12.2 Å². The normalized spacial score (nSPS) is 22.9. The van der Waals surface area contributed by atoms with E-state index in [1.165, 1.54) is 62.8 Å². The van der Waals surface area contributed by atoms with Crippen molar-refractivity contribution < 1.29 is 58.9 Å². The maximum atomic E-state index is 12.5. The van der Waals surface area contributed by atoms with Gasteiger partial charge >= 0.3 is 17.9 Å². The van der Waals surface area contributed by atoms with Crippen LogP contribution >= 0.6 is 0 Å². The molecule has 0 bridgehead atoms. The second kappa shape index (κ2) is 12.3. The van der Waals surface area contributed by atoms with Crippen molar-refractivity contribution in [3.8, 4) is 23.0 Å². The molecule has 5 N–H and O–H groups in total. The second-order valence-electron chi connectivity index (χ2n) is 8.69. The molecule has 12 nitrogen and oxygen atoms in total. The van der Waals surface area contributed by atoms with Gasteiger partial charge in [0.2, 0.25) is 5.60 Å². The Morgan fingerprint density at radius 2 is 1.36 bits per heavy atom. The number of aliphatic carboxylic acids is 1. The van der Waals surface area contributed by atoms with Gasteiger partial charge in [-0.3, -0.25) is 0 Å². The Balaban J connectivity index is 1.73. The number of carbonyl (C=O) groups is 3. The fourth-order valence-corrected chi connectivity index (χ4v) is 3.99. The number of carbonyl (C=O) groups excluding carboxylic acids is 2. The standard InChI is InChI=1S/C27H28O12/c1-36-20-11-15(3-7-17(20)28)5-9-23(31)38-22-14-27(26(34)35,13-19(30)25(22)33)39-24(32)10-6-16-4-8-18(29)21(12-16)37-2/h3-12,19,22,25,28-30,33H,13-14H2,1-2H3,(H,34,35)/b9-5+,10-6+/t19-,22+,25+,27-/m1/s1. The van der Waals surface area contributed by atoms with Gasteiger partial charge in [-0.15, -0.1) is 0 Å². The Morgan fingerprint density at radius 3 is 1.85 bits per heavy atom. The monoisotopic (exact) mass is 544 g/mol.